The van der Waals surface area contributed by atoms with E-state index in [1.165, 1.54) is 17.8 Å². The van der Waals surface area contributed by atoms with E-state index < -0.39 is 11.6 Å². The summed E-state index contributed by atoms with van der Waals surface area (Å²) in [5, 5.41) is 0. The minimum Gasteiger partial charge on any atom is -0.294 e. The molecule has 0 amide bonds. The highest BCUT2D eigenvalue weighted by Crippen LogP contribution is 2.29. The number of halogens is 2. The molecule has 1 heterocycles. The van der Waals surface area contributed by atoms with Gasteiger partial charge in [-0.05, 0) is 11.6 Å². The number of ketones is 1. The maximum Gasteiger partial charge on any atom is 0.169 e. The highest BCUT2D eigenvalue weighted by molar-refractivity contribution is 7.98. The summed E-state index contributed by atoms with van der Waals surface area (Å²) in [6.45, 7) is 1.77. The Bertz CT molecular complexity index is 417. The van der Waals surface area contributed by atoms with Crippen molar-refractivity contribution < 1.29 is 13.6 Å². The van der Waals surface area contributed by atoms with Gasteiger partial charge < -0.3 is 0 Å². The summed E-state index contributed by atoms with van der Waals surface area (Å²) < 4.78 is 26.4. The number of benzene rings is 1. The number of hydrogen-bond acceptors (Lipinski definition) is 2. The van der Waals surface area contributed by atoms with Crippen LogP contribution in [0.5, 0.6) is 0 Å². The number of carbonyl (C=O) groups excluding carboxylic acids is 1. The maximum atomic E-state index is 13.5. The standard InChI is InChI=1S/C11H10F2OS/c1-6-4-15-5-7-2-8(12)3-9(13)10(7)11(6)14/h2-3,6H,4-5H2,1H3. The molecular formula is C11H10F2OS. The van der Waals surface area contributed by atoms with Crippen LogP contribution in [-0.2, 0) is 5.75 Å². The first-order chi connectivity index (χ1) is 7.09. The van der Waals surface area contributed by atoms with E-state index >= 15 is 0 Å². The molecule has 1 atom stereocenters. The highest BCUT2D eigenvalue weighted by atomic mass is 32.2. The number of Topliss-reactive ketones (excluding diaryl/α,β-unsaturated/α-hetero) is 1. The lowest BCUT2D eigenvalue weighted by atomic mass is 9.96. The van der Waals surface area contributed by atoms with E-state index in [0.29, 0.717) is 17.1 Å². The smallest absolute Gasteiger partial charge is 0.169 e. The first-order valence-corrected chi connectivity index (χ1v) is 5.85. The molecule has 2 rings (SSSR count). The molecule has 1 aromatic rings. The Morgan fingerprint density at radius 1 is 1.40 bits per heavy atom. The molecule has 1 aromatic carbocycles. The van der Waals surface area contributed by atoms with Crippen LogP contribution in [0.3, 0.4) is 0 Å². The summed E-state index contributed by atoms with van der Waals surface area (Å²) in [6.07, 6.45) is 0. The Morgan fingerprint density at radius 2 is 2.13 bits per heavy atom. The van der Waals surface area contributed by atoms with Gasteiger partial charge in [0.15, 0.2) is 5.78 Å². The van der Waals surface area contributed by atoms with E-state index in [0.717, 1.165) is 6.07 Å². The molecule has 0 aromatic heterocycles. The zero-order chi connectivity index (χ0) is 11.0. The van der Waals surface area contributed by atoms with Gasteiger partial charge in [-0.1, -0.05) is 6.92 Å². The molecule has 0 aliphatic carbocycles. The fourth-order valence-electron chi connectivity index (χ4n) is 1.68. The number of rotatable bonds is 0. The van der Waals surface area contributed by atoms with Crippen LogP contribution in [-0.4, -0.2) is 11.5 Å². The second-order valence-electron chi connectivity index (χ2n) is 3.70. The predicted molar refractivity (Wildman–Crippen MR) is 56.0 cm³/mol. The molecule has 80 valence electrons. The zero-order valence-electron chi connectivity index (χ0n) is 8.22. The average Bonchev–Trinajstić information content (AvgIpc) is 2.27. The maximum absolute atomic E-state index is 13.5. The van der Waals surface area contributed by atoms with Gasteiger partial charge in [0.2, 0.25) is 0 Å². The second kappa shape index (κ2) is 3.93. The molecule has 1 unspecified atom stereocenters. The number of carbonyl (C=O) groups is 1. The summed E-state index contributed by atoms with van der Waals surface area (Å²) in [6, 6.07) is 2.03. The lowest BCUT2D eigenvalue weighted by Crippen LogP contribution is -2.14. The normalized spacial score (nSPS) is 21.0. The van der Waals surface area contributed by atoms with E-state index in [1.54, 1.807) is 6.92 Å². The minimum atomic E-state index is -0.732. The molecule has 0 saturated carbocycles. The Labute approximate surface area is 90.9 Å². The van der Waals surface area contributed by atoms with Crippen molar-refractivity contribution in [2.75, 3.05) is 5.75 Å². The minimum absolute atomic E-state index is 0.0777. The van der Waals surface area contributed by atoms with E-state index in [-0.39, 0.29) is 17.3 Å². The Balaban J connectivity index is 2.58. The van der Waals surface area contributed by atoms with Crippen molar-refractivity contribution >= 4 is 17.5 Å². The molecule has 0 saturated heterocycles. The van der Waals surface area contributed by atoms with Gasteiger partial charge in [0.05, 0.1) is 5.56 Å². The van der Waals surface area contributed by atoms with Crippen molar-refractivity contribution in [3.8, 4) is 0 Å². The van der Waals surface area contributed by atoms with E-state index in [2.05, 4.69) is 0 Å². The van der Waals surface area contributed by atoms with Gasteiger partial charge in [0.1, 0.15) is 11.6 Å². The first kappa shape index (κ1) is 10.6. The van der Waals surface area contributed by atoms with Crippen LogP contribution in [0.1, 0.15) is 22.8 Å². The molecular weight excluding hydrogens is 218 g/mol. The van der Waals surface area contributed by atoms with Crippen molar-refractivity contribution in [1.82, 2.24) is 0 Å². The van der Waals surface area contributed by atoms with Gasteiger partial charge in [-0.2, -0.15) is 11.8 Å². The van der Waals surface area contributed by atoms with Crippen molar-refractivity contribution in [3.63, 3.8) is 0 Å². The van der Waals surface area contributed by atoms with Gasteiger partial charge >= 0.3 is 0 Å². The van der Waals surface area contributed by atoms with Crippen LogP contribution in [0.15, 0.2) is 12.1 Å². The van der Waals surface area contributed by atoms with Gasteiger partial charge in [-0.25, -0.2) is 8.78 Å². The number of fused-ring (bicyclic) bond motifs is 1. The fourth-order valence-corrected chi connectivity index (χ4v) is 2.75. The van der Waals surface area contributed by atoms with Gasteiger partial charge in [0.25, 0.3) is 0 Å². The lowest BCUT2D eigenvalue weighted by Gasteiger charge is -2.08. The van der Waals surface area contributed by atoms with Crippen LogP contribution >= 0.6 is 11.8 Å². The molecule has 15 heavy (non-hydrogen) atoms. The largest absolute Gasteiger partial charge is 0.294 e. The molecule has 4 heteroatoms. The van der Waals surface area contributed by atoms with Crippen molar-refractivity contribution in [2.24, 2.45) is 5.92 Å². The van der Waals surface area contributed by atoms with Gasteiger partial charge in [-0.15, -0.1) is 0 Å². The zero-order valence-corrected chi connectivity index (χ0v) is 9.04. The van der Waals surface area contributed by atoms with Gasteiger partial charge in [0, 0.05) is 23.5 Å². The number of hydrogen-bond donors (Lipinski definition) is 0. The van der Waals surface area contributed by atoms with Gasteiger partial charge in [-0.3, -0.25) is 4.79 Å². The van der Waals surface area contributed by atoms with Crippen molar-refractivity contribution in [1.29, 1.82) is 0 Å². The molecule has 1 nitrogen and oxygen atoms in total. The third-order valence-electron chi connectivity index (χ3n) is 2.46. The molecule has 0 fully saturated rings. The summed E-state index contributed by atoms with van der Waals surface area (Å²) in [5.41, 5.74) is 0.556. The van der Waals surface area contributed by atoms with E-state index in [9.17, 15) is 13.6 Å². The van der Waals surface area contributed by atoms with E-state index in [4.69, 9.17) is 0 Å². The lowest BCUT2D eigenvalue weighted by molar-refractivity contribution is 0.0938. The van der Waals surface area contributed by atoms with Crippen LogP contribution in [0.2, 0.25) is 0 Å². The summed E-state index contributed by atoms with van der Waals surface area (Å²) in [5.74, 6) is -0.600. The Morgan fingerprint density at radius 3 is 2.87 bits per heavy atom. The Kier molecular flexibility index (Phi) is 2.78. The van der Waals surface area contributed by atoms with Crippen molar-refractivity contribution in [3.05, 3.63) is 34.9 Å². The predicted octanol–water partition coefficient (Wildman–Crippen LogP) is 3.03. The summed E-state index contributed by atoms with van der Waals surface area (Å²) >= 11 is 1.53. The third kappa shape index (κ3) is 1.91. The van der Waals surface area contributed by atoms with Crippen LogP contribution in [0.4, 0.5) is 8.78 Å². The Hall–Kier alpha value is -0.900. The molecule has 0 radical (unpaired) electrons. The van der Waals surface area contributed by atoms with Crippen LogP contribution in [0.25, 0.3) is 0 Å². The summed E-state index contributed by atoms with van der Waals surface area (Å²) in [7, 11) is 0. The molecule has 0 N–H and O–H groups in total. The average molecular weight is 228 g/mol. The number of thioether (sulfide) groups is 1. The molecule has 0 bridgehead atoms. The molecule has 1 aliphatic rings. The summed E-state index contributed by atoms with van der Waals surface area (Å²) in [4.78, 5) is 11.8. The van der Waals surface area contributed by atoms with E-state index in [1.807, 2.05) is 0 Å². The SMILES string of the molecule is CC1CSCc2cc(F)cc(F)c2C1=O. The third-order valence-corrected chi connectivity index (χ3v) is 3.71. The van der Waals surface area contributed by atoms with Crippen molar-refractivity contribution in [2.45, 2.75) is 12.7 Å². The van der Waals surface area contributed by atoms with Crippen LogP contribution < -0.4 is 0 Å². The highest BCUT2D eigenvalue weighted by Gasteiger charge is 2.26. The first-order valence-electron chi connectivity index (χ1n) is 4.69. The molecule has 1 aliphatic heterocycles. The monoisotopic (exact) mass is 228 g/mol. The fraction of sp³-hybridized carbons (Fsp3) is 0.364. The molecule has 0 spiro atoms. The van der Waals surface area contributed by atoms with Crippen LogP contribution in [0, 0.1) is 17.6 Å². The quantitative estimate of drug-likeness (QED) is 0.679. The second-order valence-corrected chi connectivity index (χ2v) is 4.73. The topological polar surface area (TPSA) is 17.1 Å².